The topological polar surface area (TPSA) is 35.2 Å². The van der Waals surface area contributed by atoms with E-state index in [2.05, 4.69) is 12.2 Å². The molecular weight excluding hydrogens is 242 g/mol. The monoisotopic (exact) mass is 255 g/mol. The maximum absolute atomic E-state index is 6.18. The molecule has 2 heterocycles. The van der Waals surface area contributed by atoms with Gasteiger partial charge in [-0.1, -0.05) is 6.08 Å². The van der Waals surface area contributed by atoms with Crippen LogP contribution in [0.15, 0.2) is 6.08 Å². The highest BCUT2D eigenvalue weighted by atomic mass is 35.5. The molecule has 16 heavy (non-hydrogen) atoms. The molecule has 2 aliphatic rings. The van der Waals surface area contributed by atoms with Gasteiger partial charge in [-0.3, -0.25) is 0 Å². The van der Waals surface area contributed by atoms with Crippen LogP contribution in [0.4, 0.5) is 0 Å². The van der Waals surface area contributed by atoms with Gasteiger partial charge in [-0.05, 0) is 23.6 Å². The van der Waals surface area contributed by atoms with Crippen molar-refractivity contribution in [3.63, 3.8) is 0 Å². The minimum absolute atomic E-state index is 0.0825. The second kappa shape index (κ2) is 4.15. The lowest BCUT2D eigenvalue weighted by molar-refractivity contribution is 0.0491. The summed E-state index contributed by atoms with van der Waals surface area (Å²) >= 11 is 8.06. The molecule has 3 rings (SSSR count). The number of fused-ring (bicyclic) bond motifs is 3. The van der Waals surface area contributed by atoms with Crippen LogP contribution in [0, 0.1) is 0 Å². The van der Waals surface area contributed by atoms with Gasteiger partial charge in [0.2, 0.25) is 0 Å². The van der Waals surface area contributed by atoms with E-state index in [-0.39, 0.29) is 11.5 Å². The average Bonchev–Trinajstić information content (AvgIpc) is 2.66. The Morgan fingerprint density at radius 1 is 1.56 bits per heavy atom. The van der Waals surface area contributed by atoms with E-state index in [1.165, 1.54) is 20.9 Å². The highest BCUT2D eigenvalue weighted by Crippen LogP contribution is 2.41. The summed E-state index contributed by atoms with van der Waals surface area (Å²) in [5, 5.41) is 0.117. The van der Waals surface area contributed by atoms with Crippen molar-refractivity contribution >= 4 is 29.0 Å². The van der Waals surface area contributed by atoms with Gasteiger partial charge in [0.1, 0.15) is 0 Å². The number of alkyl halides is 1. The Morgan fingerprint density at radius 2 is 2.44 bits per heavy atom. The van der Waals surface area contributed by atoms with Crippen molar-refractivity contribution < 1.29 is 4.74 Å². The number of halogens is 1. The first-order valence-corrected chi connectivity index (χ1v) is 6.83. The van der Waals surface area contributed by atoms with E-state index >= 15 is 0 Å². The Hall–Kier alpha value is -0.350. The van der Waals surface area contributed by atoms with E-state index in [1.807, 2.05) is 11.3 Å². The number of thiophene rings is 1. The molecule has 0 radical (unpaired) electrons. The van der Waals surface area contributed by atoms with E-state index in [4.69, 9.17) is 22.1 Å². The molecule has 0 amide bonds. The maximum atomic E-state index is 6.18. The molecule has 2 atom stereocenters. The summed E-state index contributed by atoms with van der Waals surface area (Å²) in [7, 11) is 0. The number of hydrogen-bond acceptors (Lipinski definition) is 3. The van der Waals surface area contributed by atoms with E-state index in [0.717, 1.165) is 19.4 Å². The van der Waals surface area contributed by atoms with Gasteiger partial charge >= 0.3 is 0 Å². The number of nitrogens with two attached hydrogens (primary N) is 1. The summed E-state index contributed by atoms with van der Waals surface area (Å²) in [5.74, 6) is 0. The summed E-state index contributed by atoms with van der Waals surface area (Å²) in [6.07, 6.45) is 6.24. The predicted octanol–water partition coefficient (Wildman–Crippen LogP) is 2.50. The van der Waals surface area contributed by atoms with Crippen LogP contribution in [0.3, 0.4) is 0 Å². The van der Waals surface area contributed by atoms with Gasteiger partial charge < -0.3 is 10.5 Å². The zero-order valence-corrected chi connectivity index (χ0v) is 10.5. The van der Waals surface area contributed by atoms with Crippen molar-refractivity contribution in [3.8, 4) is 0 Å². The Labute approximate surface area is 104 Å². The Morgan fingerprint density at radius 3 is 3.25 bits per heavy atom. The lowest BCUT2D eigenvalue weighted by Gasteiger charge is -2.24. The lowest BCUT2D eigenvalue weighted by atomic mass is 9.94. The first-order chi connectivity index (χ1) is 7.79. The van der Waals surface area contributed by atoms with Crippen LogP contribution in [0.5, 0.6) is 0 Å². The summed E-state index contributed by atoms with van der Waals surface area (Å²) in [6, 6.07) is 0. The quantitative estimate of drug-likeness (QED) is 0.783. The van der Waals surface area contributed by atoms with Gasteiger partial charge in [0.05, 0.1) is 18.1 Å². The van der Waals surface area contributed by atoms with Crippen molar-refractivity contribution in [2.75, 3.05) is 13.2 Å². The summed E-state index contributed by atoms with van der Waals surface area (Å²) in [4.78, 5) is 2.80. The molecule has 2 unspecified atom stereocenters. The normalized spacial score (nSPS) is 27.6. The van der Waals surface area contributed by atoms with Gasteiger partial charge in [0.15, 0.2) is 0 Å². The fourth-order valence-electron chi connectivity index (χ4n) is 2.47. The minimum atomic E-state index is 0.0825. The molecule has 0 saturated heterocycles. The Bertz CT molecular complexity index is 440. The Balaban J connectivity index is 2.10. The molecule has 0 bridgehead atoms. The molecule has 0 spiro atoms. The van der Waals surface area contributed by atoms with Gasteiger partial charge in [-0.25, -0.2) is 0 Å². The first kappa shape index (κ1) is 10.8. The van der Waals surface area contributed by atoms with E-state index in [9.17, 15) is 0 Å². The third kappa shape index (κ3) is 1.63. The van der Waals surface area contributed by atoms with Crippen LogP contribution in [-0.2, 0) is 17.6 Å². The molecule has 86 valence electrons. The Kier molecular flexibility index (Phi) is 2.80. The van der Waals surface area contributed by atoms with Gasteiger partial charge in [0, 0.05) is 22.7 Å². The summed E-state index contributed by atoms with van der Waals surface area (Å²) in [6.45, 7) is 1.36. The standard InChI is InChI=1S/C12H14ClNOS/c13-7-1-2-10-8(5-7)12-9(6-14)15-4-3-11(12)16-10/h1-2,7,9H,3-6,14H2. The molecule has 1 aromatic heterocycles. The third-order valence-electron chi connectivity index (χ3n) is 3.20. The molecule has 2 N–H and O–H groups in total. The molecule has 2 nitrogen and oxygen atoms in total. The van der Waals surface area contributed by atoms with E-state index in [1.54, 1.807) is 0 Å². The first-order valence-electron chi connectivity index (χ1n) is 5.58. The maximum Gasteiger partial charge on any atom is 0.0960 e. The largest absolute Gasteiger partial charge is 0.372 e. The second-order valence-electron chi connectivity index (χ2n) is 4.21. The smallest absolute Gasteiger partial charge is 0.0960 e. The molecule has 4 heteroatoms. The predicted molar refractivity (Wildman–Crippen MR) is 68.1 cm³/mol. The van der Waals surface area contributed by atoms with Crippen LogP contribution in [0.25, 0.3) is 6.08 Å². The van der Waals surface area contributed by atoms with E-state index in [0.29, 0.717) is 6.54 Å². The van der Waals surface area contributed by atoms with Gasteiger partial charge in [0.25, 0.3) is 0 Å². The van der Waals surface area contributed by atoms with Crippen LogP contribution in [0.2, 0.25) is 0 Å². The lowest BCUT2D eigenvalue weighted by Crippen LogP contribution is -2.23. The molecule has 0 aromatic carbocycles. The fourth-order valence-corrected chi connectivity index (χ4v) is 3.98. The minimum Gasteiger partial charge on any atom is -0.372 e. The molecule has 1 aliphatic heterocycles. The number of hydrogen-bond donors (Lipinski definition) is 1. The highest BCUT2D eigenvalue weighted by molar-refractivity contribution is 7.13. The zero-order chi connectivity index (χ0) is 11.1. The number of rotatable bonds is 1. The average molecular weight is 256 g/mol. The molecular formula is C12H14ClNOS. The van der Waals surface area contributed by atoms with Gasteiger partial charge in [-0.15, -0.1) is 22.9 Å². The van der Waals surface area contributed by atoms with Crippen molar-refractivity contribution in [1.82, 2.24) is 0 Å². The third-order valence-corrected chi connectivity index (χ3v) is 4.77. The summed E-state index contributed by atoms with van der Waals surface area (Å²) < 4.78 is 5.73. The fraction of sp³-hybridized carbons (Fsp3) is 0.500. The van der Waals surface area contributed by atoms with Crippen LogP contribution < -0.4 is 5.73 Å². The summed E-state index contributed by atoms with van der Waals surface area (Å²) in [5.41, 5.74) is 8.48. The van der Waals surface area contributed by atoms with Crippen LogP contribution in [-0.4, -0.2) is 18.5 Å². The van der Waals surface area contributed by atoms with E-state index < -0.39 is 0 Å². The second-order valence-corrected chi connectivity index (χ2v) is 5.90. The van der Waals surface area contributed by atoms with Crippen molar-refractivity contribution in [2.24, 2.45) is 5.73 Å². The van der Waals surface area contributed by atoms with Crippen LogP contribution >= 0.6 is 22.9 Å². The number of allylic oxidation sites excluding steroid dienone is 1. The zero-order valence-electron chi connectivity index (χ0n) is 8.91. The van der Waals surface area contributed by atoms with Crippen molar-refractivity contribution in [1.29, 1.82) is 0 Å². The van der Waals surface area contributed by atoms with Crippen molar-refractivity contribution in [2.45, 2.75) is 24.3 Å². The molecule has 0 fully saturated rings. The highest BCUT2D eigenvalue weighted by Gasteiger charge is 2.29. The SMILES string of the molecule is NCC1OCCc2sc3c(c21)CC(Cl)C=C3. The molecule has 0 saturated carbocycles. The molecule has 1 aromatic rings. The van der Waals surface area contributed by atoms with Crippen LogP contribution in [0.1, 0.15) is 27.0 Å². The van der Waals surface area contributed by atoms with Gasteiger partial charge in [-0.2, -0.15) is 0 Å². The number of ether oxygens (including phenoxy) is 1. The van der Waals surface area contributed by atoms with Crippen molar-refractivity contribution in [3.05, 3.63) is 27.0 Å². The molecule has 1 aliphatic carbocycles.